The Morgan fingerprint density at radius 1 is 1.55 bits per heavy atom. The summed E-state index contributed by atoms with van der Waals surface area (Å²) in [5, 5.41) is 1.55. The van der Waals surface area contributed by atoms with Gasteiger partial charge in [-0.15, -0.1) is 0 Å². The average Bonchev–Trinajstić information content (AvgIpc) is 2.37. The fraction of sp³-hybridized carbons (Fsp3) is 1.00. The first-order chi connectivity index (χ1) is 5.24. The van der Waals surface area contributed by atoms with Crippen LogP contribution in [0.2, 0.25) is 0 Å². The molecule has 0 aliphatic heterocycles. The molecule has 3 unspecified atom stereocenters. The zero-order valence-electron chi connectivity index (χ0n) is 7.55. The normalized spacial score (nSPS) is 34.1. The number of rotatable bonds is 3. The fourth-order valence-corrected chi connectivity index (χ4v) is 2.95. The molecule has 3 atom stereocenters. The summed E-state index contributed by atoms with van der Waals surface area (Å²) < 4.78 is 0. The van der Waals surface area contributed by atoms with Gasteiger partial charge < -0.3 is 5.73 Å². The number of thioether (sulfide) groups is 1. The topological polar surface area (TPSA) is 26.0 Å². The van der Waals surface area contributed by atoms with Gasteiger partial charge in [-0.05, 0) is 19.3 Å². The van der Waals surface area contributed by atoms with Crippen molar-refractivity contribution in [2.45, 2.75) is 56.1 Å². The third kappa shape index (κ3) is 2.68. The lowest BCUT2D eigenvalue weighted by Gasteiger charge is -2.18. The minimum absolute atomic E-state index is 0.481. The zero-order valence-corrected chi connectivity index (χ0v) is 8.36. The predicted molar refractivity (Wildman–Crippen MR) is 53.0 cm³/mol. The Kier molecular flexibility index (Phi) is 3.73. The molecule has 0 radical (unpaired) electrons. The Morgan fingerprint density at radius 3 is 2.73 bits per heavy atom. The van der Waals surface area contributed by atoms with Gasteiger partial charge in [0.1, 0.15) is 0 Å². The van der Waals surface area contributed by atoms with Crippen LogP contribution in [0.3, 0.4) is 0 Å². The van der Waals surface area contributed by atoms with Crippen LogP contribution in [0.15, 0.2) is 0 Å². The van der Waals surface area contributed by atoms with E-state index in [9.17, 15) is 0 Å². The highest BCUT2D eigenvalue weighted by Crippen LogP contribution is 2.32. The van der Waals surface area contributed by atoms with E-state index in [1.807, 2.05) is 0 Å². The maximum absolute atomic E-state index is 5.96. The summed E-state index contributed by atoms with van der Waals surface area (Å²) in [6.07, 6.45) is 5.20. The largest absolute Gasteiger partial charge is 0.327 e. The van der Waals surface area contributed by atoms with Crippen LogP contribution in [-0.2, 0) is 0 Å². The van der Waals surface area contributed by atoms with Gasteiger partial charge in [0.2, 0.25) is 0 Å². The summed E-state index contributed by atoms with van der Waals surface area (Å²) in [7, 11) is 0. The summed E-state index contributed by atoms with van der Waals surface area (Å²) in [6, 6.07) is 0.481. The first-order valence-corrected chi connectivity index (χ1v) is 5.59. The van der Waals surface area contributed by atoms with Gasteiger partial charge in [0.05, 0.1) is 0 Å². The Labute approximate surface area is 74.1 Å². The van der Waals surface area contributed by atoms with Gasteiger partial charge in [0, 0.05) is 16.5 Å². The minimum atomic E-state index is 0.481. The van der Waals surface area contributed by atoms with E-state index in [4.69, 9.17) is 5.73 Å². The zero-order chi connectivity index (χ0) is 8.27. The quantitative estimate of drug-likeness (QED) is 0.709. The Balaban J connectivity index is 2.24. The lowest BCUT2D eigenvalue weighted by Crippen LogP contribution is -2.27. The van der Waals surface area contributed by atoms with Gasteiger partial charge >= 0.3 is 0 Å². The molecule has 0 amide bonds. The summed E-state index contributed by atoms with van der Waals surface area (Å²) in [5.74, 6) is 0. The van der Waals surface area contributed by atoms with Crippen LogP contribution in [0, 0.1) is 0 Å². The molecule has 1 aliphatic rings. The fourth-order valence-electron chi connectivity index (χ4n) is 1.52. The molecule has 0 bridgehead atoms. The molecule has 0 aromatic rings. The van der Waals surface area contributed by atoms with Crippen molar-refractivity contribution in [1.29, 1.82) is 0 Å². The highest BCUT2D eigenvalue weighted by molar-refractivity contribution is 8.00. The smallest absolute Gasteiger partial charge is 0.0201 e. The molecule has 11 heavy (non-hydrogen) atoms. The molecule has 1 aliphatic carbocycles. The first-order valence-electron chi connectivity index (χ1n) is 4.65. The van der Waals surface area contributed by atoms with Gasteiger partial charge in [-0.2, -0.15) is 11.8 Å². The van der Waals surface area contributed by atoms with Crippen LogP contribution in [0.1, 0.15) is 39.5 Å². The summed E-state index contributed by atoms with van der Waals surface area (Å²) in [5.41, 5.74) is 5.96. The van der Waals surface area contributed by atoms with E-state index in [1.165, 1.54) is 25.7 Å². The van der Waals surface area contributed by atoms with E-state index in [0.29, 0.717) is 6.04 Å². The van der Waals surface area contributed by atoms with Crippen molar-refractivity contribution in [3.05, 3.63) is 0 Å². The van der Waals surface area contributed by atoms with Crippen LogP contribution >= 0.6 is 11.8 Å². The van der Waals surface area contributed by atoms with Crippen molar-refractivity contribution in [2.24, 2.45) is 5.73 Å². The summed E-state index contributed by atoms with van der Waals surface area (Å²) in [6.45, 7) is 4.55. The molecular formula is C9H19NS. The first kappa shape index (κ1) is 9.40. The Hall–Kier alpha value is 0.310. The maximum atomic E-state index is 5.96. The lowest BCUT2D eigenvalue weighted by molar-refractivity contribution is 0.712. The minimum Gasteiger partial charge on any atom is -0.327 e. The molecule has 66 valence electrons. The monoisotopic (exact) mass is 173 g/mol. The second-order valence-electron chi connectivity index (χ2n) is 3.49. The van der Waals surface area contributed by atoms with Crippen LogP contribution in [0.25, 0.3) is 0 Å². The van der Waals surface area contributed by atoms with Crippen molar-refractivity contribution >= 4 is 11.8 Å². The van der Waals surface area contributed by atoms with Gasteiger partial charge in [-0.25, -0.2) is 0 Å². The predicted octanol–water partition coefficient (Wildman–Crippen LogP) is 2.40. The number of nitrogens with two attached hydrogens (primary N) is 1. The highest BCUT2D eigenvalue weighted by atomic mass is 32.2. The van der Waals surface area contributed by atoms with Gasteiger partial charge in [-0.1, -0.05) is 20.3 Å². The van der Waals surface area contributed by atoms with E-state index in [0.717, 1.165) is 10.5 Å². The second-order valence-corrected chi connectivity index (χ2v) is 5.17. The maximum Gasteiger partial charge on any atom is 0.0201 e. The van der Waals surface area contributed by atoms with Crippen LogP contribution in [0.4, 0.5) is 0 Å². The van der Waals surface area contributed by atoms with Crippen molar-refractivity contribution in [1.82, 2.24) is 0 Å². The van der Waals surface area contributed by atoms with E-state index in [2.05, 4.69) is 25.6 Å². The van der Waals surface area contributed by atoms with Crippen LogP contribution < -0.4 is 5.73 Å². The van der Waals surface area contributed by atoms with Gasteiger partial charge in [0.15, 0.2) is 0 Å². The lowest BCUT2D eigenvalue weighted by atomic mass is 10.3. The van der Waals surface area contributed by atoms with E-state index < -0.39 is 0 Å². The third-order valence-corrected chi connectivity index (χ3v) is 4.22. The molecule has 0 spiro atoms. The molecule has 1 nitrogen and oxygen atoms in total. The average molecular weight is 173 g/mol. The second kappa shape index (κ2) is 4.36. The molecule has 2 N–H and O–H groups in total. The third-order valence-electron chi connectivity index (χ3n) is 2.49. The van der Waals surface area contributed by atoms with E-state index in [1.54, 1.807) is 0 Å². The standard InChI is InChI=1S/C9H19NS/c1-3-7(2)11-9-6-4-5-8(9)10/h7-9H,3-6,10H2,1-2H3. The summed E-state index contributed by atoms with van der Waals surface area (Å²) in [4.78, 5) is 0. The number of hydrogen-bond donors (Lipinski definition) is 1. The van der Waals surface area contributed by atoms with Crippen molar-refractivity contribution < 1.29 is 0 Å². The molecule has 1 saturated carbocycles. The molecule has 0 aromatic carbocycles. The van der Waals surface area contributed by atoms with E-state index >= 15 is 0 Å². The molecular weight excluding hydrogens is 154 g/mol. The Bertz CT molecular complexity index is 116. The van der Waals surface area contributed by atoms with E-state index in [-0.39, 0.29) is 0 Å². The Morgan fingerprint density at radius 2 is 2.27 bits per heavy atom. The molecule has 0 heterocycles. The summed E-state index contributed by atoms with van der Waals surface area (Å²) >= 11 is 2.09. The van der Waals surface area contributed by atoms with Crippen LogP contribution in [-0.4, -0.2) is 16.5 Å². The van der Waals surface area contributed by atoms with Crippen molar-refractivity contribution in [3.63, 3.8) is 0 Å². The molecule has 1 fully saturated rings. The highest BCUT2D eigenvalue weighted by Gasteiger charge is 2.25. The molecule has 0 saturated heterocycles. The molecule has 2 heteroatoms. The van der Waals surface area contributed by atoms with Crippen LogP contribution in [0.5, 0.6) is 0 Å². The van der Waals surface area contributed by atoms with Crippen molar-refractivity contribution in [3.8, 4) is 0 Å². The molecule has 0 aromatic heterocycles. The van der Waals surface area contributed by atoms with Crippen molar-refractivity contribution in [2.75, 3.05) is 0 Å². The molecule has 1 rings (SSSR count). The van der Waals surface area contributed by atoms with Gasteiger partial charge in [0.25, 0.3) is 0 Å². The van der Waals surface area contributed by atoms with Gasteiger partial charge in [-0.3, -0.25) is 0 Å². The number of hydrogen-bond acceptors (Lipinski definition) is 2. The SMILES string of the molecule is CCC(C)SC1CCCC1N.